The third-order valence-corrected chi connectivity index (χ3v) is 5.71. The number of hydrogen-bond donors (Lipinski definition) is 2. The minimum absolute atomic E-state index is 0. The first-order valence-electron chi connectivity index (χ1n) is 10.3. The fraction of sp³-hybridized carbons (Fsp3) is 0.842. The van der Waals surface area contributed by atoms with Crippen LogP contribution in [0.15, 0.2) is 11.3 Å². The molecule has 0 atom stereocenters. The largest absolute Gasteiger partial charge is 0.357 e. The summed E-state index contributed by atoms with van der Waals surface area (Å²) in [6.45, 7) is 6.12. The third-order valence-electron chi connectivity index (χ3n) is 5.71. The molecule has 0 spiro atoms. The number of guanidine groups is 1. The van der Waals surface area contributed by atoms with Gasteiger partial charge in [-0.1, -0.05) is 38.5 Å². The van der Waals surface area contributed by atoms with Crippen LogP contribution in [-0.4, -0.2) is 52.2 Å². The van der Waals surface area contributed by atoms with Crippen LogP contribution >= 0.6 is 24.0 Å². The number of rotatable bonds is 7. The van der Waals surface area contributed by atoms with Gasteiger partial charge >= 0.3 is 0 Å². The minimum Gasteiger partial charge on any atom is -0.357 e. The van der Waals surface area contributed by atoms with Crippen molar-refractivity contribution in [3.8, 4) is 0 Å². The highest BCUT2D eigenvalue weighted by molar-refractivity contribution is 14.0. The van der Waals surface area contributed by atoms with E-state index in [1.807, 2.05) is 0 Å². The number of likely N-dealkylation sites (tertiary alicyclic amines) is 1. The van der Waals surface area contributed by atoms with Crippen LogP contribution in [0, 0.1) is 5.92 Å². The average molecular weight is 474 g/mol. The summed E-state index contributed by atoms with van der Waals surface area (Å²) in [6, 6.07) is 0. The van der Waals surface area contributed by atoms with Gasteiger partial charge in [0.2, 0.25) is 0 Å². The predicted octanol–water partition coefficient (Wildman–Crippen LogP) is 3.93. The predicted molar refractivity (Wildman–Crippen MR) is 117 cm³/mol. The molecule has 0 bridgehead atoms. The van der Waals surface area contributed by atoms with E-state index in [1.54, 1.807) is 6.33 Å². The topological polar surface area (TPSA) is 69.2 Å². The van der Waals surface area contributed by atoms with E-state index in [1.165, 1.54) is 44.9 Å². The van der Waals surface area contributed by atoms with Crippen molar-refractivity contribution in [1.82, 2.24) is 25.4 Å². The Morgan fingerprint density at radius 1 is 1.23 bits per heavy atom. The average Bonchev–Trinajstić information content (AvgIpc) is 3.35. The molecule has 0 unspecified atom stereocenters. The van der Waals surface area contributed by atoms with E-state index >= 15 is 0 Å². The molecule has 1 aliphatic carbocycles. The molecule has 1 aliphatic heterocycles. The third kappa shape index (κ3) is 6.39. The Labute approximate surface area is 175 Å². The lowest BCUT2D eigenvalue weighted by Crippen LogP contribution is -2.45. The molecule has 0 aromatic carbocycles. The van der Waals surface area contributed by atoms with Crippen molar-refractivity contribution in [1.29, 1.82) is 0 Å². The SMILES string of the molecule is CCNC(=NCCCCC1CCCC1)N1CCC(c2ncn[nH]2)CC1.I. The number of piperidine rings is 1. The van der Waals surface area contributed by atoms with Gasteiger partial charge in [-0.3, -0.25) is 10.1 Å². The molecule has 6 nitrogen and oxygen atoms in total. The molecule has 148 valence electrons. The maximum absolute atomic E-state index is 4.88. The Hall–Kier alpha value is -0.860. The lowest BCUT2D eigenvalue weighted by atomic mass is 9.96. The molecule has 2 N–H and O–H groups in total. The van der Waals surface area contributed by atoms with Crippen LogP contribution in [0.2, 0.25) is 0 Å². The summed E-state index contributed by atoms with van der Waals surface area (Å²) in [4.78, 5) is 11.6. The number of aromatic nitrogens is 3. The Kier molecular flexibility index (Phi) is 9.71. The van der Waals surface area contributed by atoms with Gasteiger partial charge in [0.05, 0.1) is 0 Å². The van der Waals surface area contributed by atoms with Gasteiger partial charge in [0.25, 0.3) is 0 Å². The molecule has 26 heavy (non-hydrogen) atoms. The van der Waals surface area contributed by atoms with Gasteiger partial charge < -0.3 is 10.2 Å². The zero-order valence-corrected chi connectivity index (χ0v) is 18.5. The Bertz CT molecular complexity index is 504. The van der Waals surface area contributed by atoms with Crippen LogP contribution in [0.3, 0.4) is 0 Å². The zero-order chi connectivity index (χ0) is 17.3. The van der Waals surface area contributed by atoms with Crippen molar-refractivity contribution < 1.29 is 0 Å². The summed E-state index contributed by atoms with van der Waals surface area (Å²) in [5.74, 6) is 3.65. The maximum atomic E-state index is 4.88. The van der Waals surface area contributed by atoms with E-state index in [2.05, 4.69) is 32.3 Å². The van der Waals surface area contributed by atoms with Crippen LogP contribution in [-0.2, 0) is 0 Å². The van der Waals surface area contributed by atoms with Gasteiger partial charge in [0.1, 0.15) is 12.2 Å². The molecular weight excluding hydrogens is 439 g/mol. The van der Waals surface area contributed by atoms with Crippen LogP contribution in [0.25, 0.3) is 0 Å². The highest BCUT2D eigenvalue weighted by atomic mass is 127. The highest BCUT2D eigenvalue weighted by Gasteiger charge is 2.24. The molecule has 1 aromatic rings. The summed E-state index contributed by atoms with van der Waals surface area (Å²) in [6.07, 6.45) is 13.6. The minimum atomic E-state index is 0. The number of aliphatic imine (C=N–C) groups is 1. The smallest absolute Gasteiger partial charge is 0.193 e. The summed E-state index contributed by atoms with van der Waals surface area (Å²) >= 11 is 0. The summed E-state index contributed by atoms with van der Waals surface area (Å²) < 4.78 is 0. The van der Waals surface area contributed by atoms with Gasteiger partial charge in [0.15, 0.2) is 5.96 Å². The van der Waals surface area contributed by atoms with Gasteiger partial charge in [-0.2, -0.15) is 5.10 Å². The maximum Gasteiger partial charge on any atom is 0.193 e. The summed E-state index contributed by atoms with van der Waals surface area (Å²) in [5, 5.41) is 10.5. The van der Waals surface area contributed by atoms with Crippen LogP contribution in [0.5, 0.6) is 0 Å². The van der Waals surface area contributed by atoms with Crippen molar-refractivity contribution in [3.05, 3.63) is 12.2 Å². The monoisotopic (exact) mass is 474 g/mol. The van der Waals surface area contributed by atoms with Crippen molar-refractivity contribution in [3.63, 3.8) is 0 Å². The molecule has 1 saturated heterocycles. The second kappa shape index (κ2) is 11.8. The van der Waals surface area contributed by atoms with Crippen LogP contribution in [0.4, 0.5) is 0 Å². The number of unbranched alkanes of at least 4 members (excludes halogenated alkanes) is 1. The van der Waals surface area contributed by atoms with E-state index in [0.29, 0.717) is 5.92 Å². The summed E-state index contributed by atoms with van der Waals surface area (Å²) in [5.41, 5.74) is 0. The van der Waals surface area contributed by atoms with E-state index in [4.69, 9.17) is 4.99 Å². The normalized spacial score (nSPS) is 19.6. The van der Waals surface area contributed by atoms with Crippen molar-refractivity contribution >= 4 is 29.9 Å². The first kappa shape index (κ1) is 21.4. The van der Waals surface area contributed by atoms with Crippen molar-refractivity contribution in [2.45, 2.75) is 70.6 Å². The highest BCUT2D eigenvalue weighted by Crippen LogP contribution is 2.29. The number of aromatic amines is 1. The Morgan fingerprint density at radius 2 is 2.00 bits per heavy atom. The van der Waals surface area contributed by atoms with E-state index in [9.17, 15) is 0 Å². The number of nitrogens with one attached hydrogen (secondary N) is 2. The zero-order valence-electron chi connectivity index (χ0n) is 16.1. The molecule has 0 radical (unpaired) electrons. The quantitative estimate of drug-likeness (QED) is 0.272. The second-order valence-corrected chi connectivity index (χ2v) is 7.51. The molecule has 2 fully saturated rings. The lowest BCUT2D eigenvalue weighted by Gasteiger charge is -2.33. The van der Waals surface area contributed by atoms with Gasteiger partial charge in [0, 0.05) is 32.1 Å². The molecule has 2 aliphatic rings. The number of H-pyrrole nitrogens is 1. The van der Waals surface area contributed by atoms with Gasteiger partial charge in [-0.25, -0.2) is 4.98 Å². The molecule has 7 heteroatoms. The Balaban J connectivity index is 0.00000243. The summed E-state index contributed by atoms with van der Waals surface area (Å²) in [7, 11) is 0. The number of halogens is 1. The van der Waals surface area contributed by atoms with Crippen LogP contribution in [0.1, 0.15) is 76.5 Å². The van der Waals surface area contributed by atoms with Crippen molar-refractivity contribution in [2.75, 3.05) is 26.2 Å². The van der Waals surface area contributed by atoms with Crippen LogP contribution < -0.4 is 5.32 Å². The van der Waals surface area contributed by atoms with Gasteiger partial charge in [-0.15, -0.1) is 24.0 Å². The number of nitrogens with zero attached hydrogens (tertiary/aromatic N) is 4. The first-order chi connectivity index (χ1) is 12.4. The molecule has 1 aromatic heterocycles. The molecule has 1 saturated carbocycles. The number of hydrogen-bond acceptors (Lipinski definition) is 3. The first-order valence-corrected chi connectivity index (χ1v) is 10.3. The molecular formula is C19H35IN6. The molecule has 2 heterocycles. The fourth-order valence-electron chi connectivity index (χ4n) is 4.23. The molecule has 3 rings (SSSR count). The van der Waals surface area contributed by atoms with E-state index < -0.39 is 0 Å². The fourth-order valence-corrected chi connectivity index (χ4v) is 4.23. The second-order valence-electron chi connectivity index (χ2n) is 7.51. The van der Waals surface area contributed by atoms with Crippen molar-refractivity contribution in [2.24, 2.45) is 10.9 Å². The van der Waals surface area contributed by atoms with E-state index in [0.717, 1.165) is 56.7 Å². The Morgan fingerprint density at radius 3 is 2.65 bits per heavy atom. The van der Waals surface area contributed by atoms with E-state index in [-0.39, 0.29) is 24.0 Å². The lowest BCUT2D eigenvalue weighted by molar-refractivity contribution is 0.298. The van der Waals surface area contributed by atoms with Gasteiger partial charge in [-0.05, 0) is 32.1 Å². The molecule has 0 amide bonds. The standard InChI is InChI=1S/C19H34N6.HI/c1-2-20-19(21-12-6-5-9-16-7-3-4-8-16)25-13-10-17(11-14-25)18-22-15-23-24-18;/h15-17H,2-14H2,1H3,(H,20,21)(H,22,23,24);1H.